The maximum absolute atomic E-state index is 12.3. The third-order valence-electron chi connectivity index (χ3n) is 3.86. The van der Waals surface area contributed by atoms with E-state index in [1.807, 2.05) is 38.1 Å². The van der Waals surface area contributed by atoms with Crippen LogP contribution in [-0.4, -0.2) is 42.8 Å². The van der Waals surface area contributed by atoms with Gasteiger partial charge in [-0.1, -0.05) is 37.2 Å². The van der Waals surface area contributed by atoms with Crippen LogP contribution in [-0.2, 0) is 9.63 Å². The zero-order valence-corrected chi connectivity index (χ0v) is 14.7. The van der Waals surface area contributed by atoms with Crippen molar-refractivity contribution >= 4 is 11.6 Å². The molecule has 0 spiro atoms. The lowest BCUT2D eigenvalue weighted by Gasteiger charge is -2.24. The Bertz CT molecular complexity index is 610. The van der Waals surface area contributed by atoms with Crippen LogP contribution in [0.5, 0.6) is 5.75 Å². The smallest absolute Gasteiger partial charge is 0.223 e. The fourth-order valence-electron chi connectivity index (χ4n) is 2.73. The summed E-state index contributed by atoms with van der Waals surface area (Å²) in [7, 11) is 1.64. The van der Waals surface area contributed by atoms with Crippen molar-refractivity contribution in [3.63, 3.8) is 0 Å². The average molecular weight is 330 g/mol. The Kier molecular flexibility index (Phi) is 6.41. The SMILES string of the molecule is C=CCN(C[C@H]1CC(c2ccccc2OC)=NO1)C(=O)CC(C)C. The molecule has 130 valence electrons. The number of hydrogen-bond acceptors (Lipinski definition) is 4. The summed E-state index contributed by atoms with van der Waals surface area (Å²) in [5, 5.41) is 4.20. The van der Waals surface area contributed by atoms with E-state index in [0.717, 1.165) is 17.0 Å². The summed E-state index contributed by atoms with van der Waals surface area (Å²) < 4.78 is 5.38. The van der Waals surface area contributed by atoms with Crippen molar-refractivity contribution in [3.8, 4) is 5.75 Å². The molecule has 24 heavy (non-hydrogen) atoms. The maximum atomic E-state index is 12.3. The number of hydrogen-bond donors (Lipinski definition) is 0. The van der Waals surface area contributed by atoms with Gasteiger partial charge in [0.2, 0.25) is 5.91 Å². The van der Waals surface area contributed by atoms with Crippen LogP contribution in [0, 0.1) is 5.92 Å². The van der Waals surface area contributed by atoms with Gasteiger partial charge < -0.3 is 14.5 Å². The minimum absolute atomic E-state index is 0.124. The Balaban J connectivity index is 2.00. The predicted molar refractivity (Wildman–Crippen MR) is 95.3 cm³/mol. The number of carbonyl (C=O) groups is 1. The molecule has 0 aliphatic carbocycles. The molecule has 0 saturated carbocycles. The lowest BCUT2D eigenvalue weighted by molar-refractivity contribution is -0.133. The molecular weight excluding hydrogens is 304 g/mol. The van der Waals surface area contributed by atoms with Gasteiger partial charge in [-0.25, -0.2) is 0 Å². The molecular formula is C19H26N2O3. The molecule has 0 N–H and O–H groups in total. The third kappa shape index (κ3) is 4.60. The first-order valence-corrected chi connectivity index (χ1v) is 8.29. The van der Waals surface area contributed by atoms with Gasteiger partial charge in [0.25, 0.3) is 0 Å². The number of benzene rings is 1. The second-order valence-corrected chi connectivity index (χ2v) is 6.36. The number of oxime groups is 1. The van der Waals surface area contributed by atoms with E-state index in [9.17, 15) is 4.79 Å². The van der Waals surface area contributed by atoms with Crippen LogP contribution in [0.4, 0.5) is 0 Å². The second kappa shape index (κ2) is 8.52. The highest BCUT2D eigenvalue weighted by Gasteiger charge is 2.27. The van der Waals surface area contributed by atoms with Crippen LogP contribution in [0.1, 0.15) is 32.3 Å². The molecule has 0 saturated heterocycles. The lowest BCUT2D eigenvalue weighted by atomic mass is 10.0. The van der Waals surface area contributed by atoms with E-state index in [2.05, 4.69) is 11.7 Å². The largest absolute Gasteiger partial charge is 0.496 e. The van der Waals surface area contributed by atoms with Crippen LogP contribution in [0.3, 0.4) is 0 Å². The second-order valence-electron chi connectivity index (χ2n) is 6.36. The molecule has 0 unspecified atom stereocenters. The standard InChI is InChI=1S/C19H26N2O3/c1-5-10-21(19(22)11-14(2)3)13-15-12-17(20-24-15)16-8-6-7-9-18(16)23-4/h5-9,14-15H,1,10-13H2,2-4H3/t15-/m1/s1. The normalized spacial score (nSPS) is 16.5. The highest BCUT2D eigenvalue weighted by molar-refractivity contribution is 6.03. The van der Waals surface area contributed by atoms with E-state index in [1.165, 1.54) is 0 Å². The van der Waals surface area contributed by atoms with Crippen molar-refractivity contribution in [1.29, 1.82) is 0 Å². The van der Waals surface area contributed by atoms with Crippen LogP contribution in [0.2, 0.25) is 0 Å². The fraction of sp³-hybridized carbons (Fsp3) is 0.474. The average Bonchev–Trinajstić information content (AvgIpc) is 3.02. The first-order valence-electron chi connectivity index (χ1n) is 8.29. The Morgan fingerprint density at radius 3 is 2.92 bits per heavy atom. The van der Waals surface area contributed by atoms with Crippen molar-refractivity contribution in [2.75, 3.05) is 20.2 Å². The first-order chi connectivity index (χ1) is 11.5. The molecule has 5 heteroatoms. The van der Waals surface area contributed by atoms with E-state index in [1.54, 1.807) is 18.1 Å². The van der Waals surface area contributed by atoms with E-state index in [-0.39, 0.29) is 12.0 Å². The molecule has 1 aliphatic rings. The fourth-order valence-corrected chi connectivity index (χ4v) is 2.73. The minimum Gasteiger partial charge on any atom is -0.496 e. The Morgan fingerprint density at radius 1 is 1.50 bits per heavy atom. The molecule has 0 fully saturated rings. The van der Waals surface area contributed by atoms with Gasteiger partial charge >= 0.3 is 0 Å². The third-order valence-corrected chi connectivity index (χ3v) is 3.86. The molecule has 1 amide bonds. The van der Waals surface area contributed by atoms with E-state index in [4.69, 9.17) is 9.57 Å². The van der Waals surface area contributed by atoms with Gasteiger partial charge in [-0.3, -0.25) is 4.79 Å². The van der Waals surface area contributed by atoms with E-state index >= 15 is 0 Å². The Labute approximate surface area is 143 Å². The van der Waals surface area contributed by atoms with Gasteiger partial charge in [0.1, 0.15) is 5.75 Å². The first kappa shape index (κ1) is 18.0. The van der Waals surface area contributed by atoms with Crippen molar-refractivity contribution in [2.24, 2.45) is 11.1 Å². The number of ether oxygens (including phenoxy) is 1. The number of methoxy groups -OCH3 is 1. The summed E-state index contributed by atoms with van der Waals surface area (Å²) in [5.74, 6) is 1.23. The summed E-state index contributed by atoms with van der Waals surface area (Å²) >= 11 is 0. The molecule has 1 heterocycles. The summed E-state index contributed by atoms with van der Waals surface area (Å²) in [5.41, 5.74) is 1.79. The number of nitrogens with zero attached hydrogens (tertiary/aromatic N) is 2. The minimum atomic E-state index is -0.138. The molecule has 1 atom stereocenters. The lowest BCUT2D eigenvalue weighted by Crippen LogP contribution is -2.38. The topological polar surface area (TPSA) is 51.1 Å². The quantitative estimate of drug-likeness (QED) is 0.688. The van der Waals surface area contributed by atoms with Gasteiger partial charge in [-0.15, -0.1) is 6.58 Å². The van der Waals surface area contributed by atoms with Crippen molar-refractivity contribution in [3.05, 3.63) is 42.5 Å². The van der Waals surface area contributed by atoms with Crippen LogP contribution in [0.15, 0.2) is 42.1 Å². The van der Waals surface area contributed by atoms with Gasteiger partial charge in [-0.05, 0) is 18.1 Å². The molecule has 0 aromatic heterocycles. The maximum Gasteiger partial charge on any atom is 0.223 e. The molecule has 5 nitrogen and oxygen atoms in total. The van der Waals surface area contributed by atoms with Gasteiger partial charge in [0.05, 0.1) is 19.4 Å². The zero-order chi connectivity index (χ0) is 17.5. The predicted octanol–water partition coefficient (Wildman–Crippen LogP) is 3.25. The molecule has 1 aromatic rings. The van der Waals surface area contributed by atoms with Crippen LogP contribution >= 0.6 is 0 Å². The van der Waals surface area contributed by atoms with Crippen LogP contribution < -0.4 is 4.74 Å². The number of para-hydroxylation sites is 1. The number of amides is 1. The van der Waals surface area contributed by atoms with Gasteiger partial charge in [-0.2, -0.15) is 0 Å². The number of carbonyl (C=O) groups excluding carboxylic acids is 1. The van der Waals surface area contributed by atoms with Crippen molar-refractivity contribution in [1.82, 2.24) is 4.90 Å². The molecule has 2 rings (SSSR count). The molecule has 0 radical (unpaired) electrons. The molecule has 0 bridgehead atoms. The van der Waals surface area contributed by atoms with Gasteiger partial charge in [0, 0.05) is 24.9 Å². The number of rotatable bonds is 8. The highest BCUT2D eigenvalue weighted by atomic mass is 16.6. The summed E-state index contributed by atoms with van der Waals surface area (Å²) in [6.45, 7) is 8.86. The van der Waals surface area contributed by atoms with Gasteiger partial charge in [0.15, 0.2) is 6.10 Å². The molecule has 1 aliphatic heterocycles. The van der Waals surface area contributed by atoms with E-state index in [0.29, 0.717) is 31.8 Å². The monoisotopic (exact) mass is 330 g/mol. The summed E-state index contributed by atoms with van der Waals surface area (Å²) in [6.07, 6.45) is 2.79. The van der Waals surface area contributed by atoms with Crippen molar-refractivity contribution < 1.29 is 14.4 Å². The zero-order valence-electron chi connectivity index (χ0n) is 14.7. The highest BCUT2D eigenvalue weighted by Crippen LogP contribution is 2.25. The van der Waals surface area contributed by atoms with Crippen molar-refractivity contribution in [2.45, 2.75) is 32.8 Å². The summed E-state index contributed by atoms with van der Waals surface area (Å²) in [6, 6.07) is 7.74. The molecule has 1 aromatic carbocycles. The summed E-state index contributed by atoms with van der Waals surface area (Å²) in [4.78, 5) is 19.7. The Hall–Kier alpha value is -2.30. The van der Waals surface area contributed by atoms with Crippen LogP contribution in [0.25, 0.3) is 0 Å². The van der Waals surface area contributed by atoms with E-state index < -0.39 is 0 Å². The Morgan fingerprint density at radius 2 is 2.25 bits per heavy atom.